The van der Waals surface area contributed by atoms with Crippen LogP contribution in [0.1, 0.15) is 38.8 Å². The first kappa shape index (κ1) is 25.6. The van der Waals surface area contributed by atoms with Crippen LogP contribution in [0.4, 0.5) is 0 Å². The number of carbonyl (C=O) groups is 2. The fraction of sp³-hybridized carbons (Fsp3) is 0.143. The van der Waals surface area contributed by atoms with E-state index in [2.05, 4.69) is 6.07 Å². The van der Waals surface area contributed by atoms with Crippen LogP contribution in [-0.4, -0.2) is 18.4 Å². The average molecular weight is 534 g/mol. The van der Waals surface area contributed by atoms with E-state index >= 15 is 0 Å². The molecule has 0 N–H and O–H groups in total. The van der Waals surface area contributed by atoms with Crippen molar-refractivity contribution >= 4 is 46.5 Å². The summed E-state index contributed by atoms with van der Waals surface area (Å²) in [4.78, 5) is 26.7. The molecule has 0 spiro atoms. The molecule has 0 aliphatic carbocycles. The van der Waals surface area contributed by atoms with Crippen molar-refractivity contribution in [2.75, 3.05) is 6.61 Å². The lowest BCUT2D eigenvalue weighted by Crippen LogP contribution is -2.31. The quantitative estimate of drug-likeness (QED) is 0.111. The summed E-state index contributed by atoms with van der Waals surface area (Å²) in [7, 11) is 0. The summed E-state index contributed by atoms with van der Waals surface area (Å²) >= 11 is 8.99. The summed E-state index contributed by atoms with van der Waals surface area (Å²) in [5, 5.41) is 9.62. The number of nitriles is 1. The third-order valence-electron chi connectivity index (χ3n) is 5.31. The number of benzene rings is 2. The van der Waals surface area contributed by atoms with Crippen LogP contribution < -0.4 is 4.57 Å². The van der Waals surface area contributed by atoms with Gasteiger partial charge in [-0.15, -0.1) is 23.1 Å². The number of esters is 1. The van der Waals surface area contributed by atoms with Crippen LogP contribution in [-0.2, 0) is 21.7 Å². The fourth-order valence-corrected chi connectivity index (χ4v) is 6.26. The van der Waals surface area contributed by atoms with Gasteiger partial charge < -0.3 is 4.74 Å². The minimum atomic E-state index is -0.387. The Morgan fingerprint density at radius 2 is 1.75 bits per heavy atom. The highest BCUT2D eigenvalue weighted by Gasteiger charge is 2.31. The molecule has 0 amide bonds. The molecular formula is C28H22ClN2O3S2+. The molecule has 0 fully saturated rings. The Morgan fingerprint density at radius 3 is 2.39 bits per heavy atom. The second-order valence-corrected chi connectivity index (χ2v) is 10.4. The van der Waals surface area contributed by atoms with Crippen LogP contribution in [0, 0.1) is 11.3 Å². The number of pyridine rings is 1. The minimum absolute atomic E-state index is 0.0202. The second-order valence-electron chi connectivity index (χ2n) is 7.74. The monoisotopic (exact) mass is 533 g/mol. The number of ether oxygens (including phenoxy) is 1. The summed E-state index contributed by atoms with van der Waals surface area (Å²) in [6.45, 7) is 2.02. The maximum Gasteiger partial charge on any atom is 0.310 e. The van der Waals surface area contributed by atoms with E-state index < -0.39 is 0 Å². The number of hydrogen-bond acceptors (Lipinski definition) is 6. The van der Waals surface area contributed by atoms with E-state index in [1.807, 2.05) is 47.3 Å². The lowest BCUT2D eigenvalue weighted by molar-refractivity contribution is -0.598. The molecule has 0 saturated carbocycles. The van der Waals surface area contributed by atoms with Gasteiger partial charge in [0, 0.05) is 28.5 Å². The van der Waals surface area contributed by atoms with Crippen LogP contribution in [0.15, 0.2) is 83.3 Å². The topological polar surface area (TPSA) is 71.0 Å². The van der Waals surface area contributed by atoms with Gasteiger partial charge >= 0.3 is 5.97 Å². The number of aromatic nitrogens is 1. The molecule has 0 atom stereocenters. The summed E-state index contributed by atoms with van der Waals surface area (Å²) in [5.41, 5.74) is 3.59. The second kappa shape index (κ2) is 12.0. The SMILES string of the molecule is CCOC(=O)Cc1c(C(=O)c2ccc(Cl)cc2)sc(SCc2ccc(C#N)cc2)c1-[n+]1ccccc1. The first-order valence-electron chi connectivity index (χ1n) is 11.2. The number of rotatable bonds is 9. The lowest BCUT2D eigenvalue weighted by atomic mass is 10.0. The van der Waals surface area contributed by atoms with Gasteiger partial charge in [0.1, 0.15) is 4.21 Å². The van der Waals surface area contributed by atoms with Gasteiger partial charge in [-0.25, -0.2) is 0 Å². The van der Waals surface area contributed by atoms with E-state index in [-0.39, 0.29) is 24.8 Å². The van der Waals surface area contributed by atoms with Gasteiger partial charge in [-0.3, -0.25) is 9.59 Å². The van der Waals surface area contributed by atoms with E-state index in [0.29, 0.717) is 32.3 Å². The van der Waals surface area contributed by atoms with Crippen molar-refractivity contribution in [3.8, 4) is 11.8 Å². The molecule has 4 aromatic rings. The van der Waals surface area contributed by atoms with Crippen molar-refractivity contribution in [3.63, 3.8) is 0 Å². The zero-order valence-corrected chi connectivity index (χ0v) is 21.8. The van der Waals surface area contributed by atoms with Crippen molar-refractivity contribution in [2.45, 2.75) is 23.3 Å². The number of carbonyl (C=O) groups excluding carboxylic acids is 2. The van der Waals surface area contributed by atoms with Crippen molar-refractivity contribution in [3.05, 3.63) is 111 Å². The van der Waals surface area contributed by atoms with Crippen molar-refractivity contribution in [2.24, 2.45) is 0 Å². The van der Waals surface area contributed by atoms with E-state index in [1.165, 1.54) is 11.3 Å². The standard InChI is InChI=1S/C28H22ClN2O3S2/c1-2-34-24(32)16-23-25(31-14-4-3-5-15-31)28(35-18-20-8-6-19(17-30)7-9-20)36-27(23)26(33)21-10-12-22(29)13-11-21/h3-15H,2,16,18H2,1H3/q+1. The van der Waals surface area contributed by atoms with E-state index in [1.54, 1.807) is 55.1 Å². The fourth-order valence-electron chi connectivity index (χ4n) is 3.60. The van der Waals surface area contributed by atoms with Crippen molar-refractivity contribution < 1.29 is 18.9 Å². The Hall–Kier alpha value is -3.44. The molecule has 2 heterocycles. The number of hydrogen-bond donors (Lipinski definition) is 0. The van der Waals surface area contributed by atoms with Crippen LogP contribution >= 0.6 is 34.7 Å². The number of ketones is 1. The Balaban J connectivity index is 1.80. The van der Waals surface area contributed by atoms with E-state index in [0.717, 1.165) is 15.5 Å². The van der Waals surface area contributed by atoms with Crippen molar-refractivity contribution in [1.29, 1.82) is 5.26 Å². The maximum absolute atomic E-state index is 13.6. The van der Waals surface area contributed by atoms with Gasteiger partial charge in [-0.2, -0.15) is 9.83 Å². The first-order chi connectivity index (χ1) is 17.5. The third kappa shape index (κ3) is 6.03. The number of thiophene rings is 1. The number of halogens is 1. The highest BCUT2D eigenvalue weighted by Crippen LogP contribution is 2.40. The minimum Gasteiger partial charge on any atom is -0.466 e. The predicted octanol–water partition coefficient (Wildman–Crippen LogP) is 6.18. The van der Waals surface area contributed by atoms with Gasteiger partial charge in [0.05, 0.1) is 35.1 Å². The summed E-state index contributed by atoms with van der Waals surface area (Å²) in [6, 6.07) is 22.0. The summed E-state index contributed by atoms with van der Waals surface area (Å²) in [5.74, 6) is 0.0842. The molecule has 36 heavy (non-hydrogen) atoms. The average Bonchev–Trinajstić information content (AvgIpc) is 3.26. The highest BCUT2D eigenvalue weighted by molar-refractivity contribution is 8.00. The Labute approximate surface area is 222 Å². The molecule has 0 saturated heterocycles. The molecule has 2 aromatic heterocycles. The molecular weight excluding hydrogens is 512 g/mol. The number of thioether (sulfide) groups is 1. The summed E-state index contributed by atoms with van der Waals surface area (Å²) < 4.78 is 8.09. The molecule has 180 valence electrons. The maximum atomic E-state index is 13.6. The summed E-state index contributed by atoms with van der Waals surface area (Å²) in [6.07, 6.45) is 3.78. The Kier molecular flexibility index (Phi) is 8.55. The van der Waals surface area contributed by atoms with Crippen LogP contribution in [0.5, 0.6) is 0 Å². The Bertz CT molecular complexity index is 1410. The zero-order chi connectivity index (χ0) is 25.5. The smallest absolute Gasteiger partial charge is 0.310 e. The molecule has 8 heteroatoms. The molecule has 0 unspecified atom stereocenters. The molecule has 2 aromatic carbocycles. The van der Waals surface area contributed by atoms with Gasteiger partial charge in [0.15, 0.2) is 12.4 Å². The lowest BCUT2D eigenvalue weighted by Gasteiger charge is -2.06. The Morgan fingerprint density at radius 1 is 1.06 bits per heavy atom. The van der Waals surface area contributed by atoms with Gasteiger partial charge in [-0.1, -0.05) is 29.8 Å². The van der Waals surface area contributed by atoms with Gasteiger partial charge in [-0.05, 0) is 48.9 Å². The molecule has 0 bridgehead atoms. The third-order valence-corrected chi connectivity index (χ3v) is 8.12. The number of nitrogens with zero attached hydrogens (tertiary/aromatic N) is 2. The highest BCUT2D eigenvalue weighted by atomic mass is 35.5. The van der Waals surface area contributed by atoms with Crippen LogP contribution in [0.25, 0.3) is 5.69 Å². The van der Waals surface area contributed by atoms with Crippen LogP contribution in [0.3, 0.4) is 0 Å². The molecule has 5 nitrogen and oxygen atoms in total. The molecule has 0 aliphatic rings. The van der Waals surface area contributed by atoms with Crippen LogP contribution in [0.2, 0.25) is 5.02 Å². The predicted molar refractivity (Wildman–Crippen MR) is 142 cm³/mol. The van der Waals surface area contributed by atoms with E-state index in [9.17, 15) is 9.59 Å². The normalized spacial score (nSPS) is 10.6. The van der Waals surface area contributed by atoms with Gasteiger partial charge in [0.2, 0.25) is 11.5 Å². The first-order valence-corrected chi connectivity index (χ1v) is 13.4. The van der Waals surface area contributed by atoms with E-state index in [4.69, 9.17) is 21.6 Å². The molecule has 0 radical (unpaired) electrons. The largest absolute Gasteiger partial charge is 0.466 e. The molecule has 0 aliphatic heterocycles. The van der Waals surface area contributed by atoms with Crippen molar-refractivity contribution in [1.82, 2.24) is 0 Å². The molecule has 4 rings (SSSR count). The zero-order valence-electron chi connectivity index (χ0n) is 19.4. The van der Waals surface area contributed by atoms with Gasteiger partial charge in [0.25, 0.3) is 0 Å².